The van der Waals surface area contributed by atoms with E-state index in [9.17, 15) is 4.79 Å². The van der Waals surface area contributed by atoms with E-state index in [1.807, 2.05) is 24.5 Å². The zero-order chi connectivity index (χ0) is 16.7. The maximum Gasteiger partial charge on any atom is 0.258 e. The summed E-state index contributed by atoms with van der Waals surface area (Å²) in [5.74, 6) is 1.07. The molecule has 2 atom stereocenters. The Hall–Kier alpha value is -1.63. The van der Waals surface area contributed by atoms with Gasteiger partial charge in [-0.25, -0.2) is 9.97 Å². The van der Waals surface area contributed by atoms with Crippen molar-refractivity contribution in [2.45, 2.75) is 19.8 Å². The van der Waals surface area contributed by atoms with Gasteiger partial charge in [0.25, 0.3) is 5.56 Å². The second-order valence-corrected chi connectivity index (χ2v) is 7.10. The fourth-order valence-corrected chi connectivity index (χ4v) is 3.31. The summed E-state index contributed by atoms with van der Waals surface area (Å²) in [5, 5.41) is 3.42. The first-order valence-corrected chi connectivity index (χ1v) is 8.55. The Morgan fingerprint density at radius 3 is 2.39 bits per heavy atom. The highest BCUT2D eigenvalue weighted by Gasteiger charge is 2.14. The second kappa shape index (κ2) is 6.11. The summed E-state index contributed by atoms with van der Waals surface area (Å²) in [7, 11) is 7.15. The van der Waals surface area contributed by atoms with Crippen LogP contribution in [0.4, 0.5) is 0 Å². The molecular formula is C17H19N3OP2. The van der Waals surface area contributed by atoms with Crippen molar-refractivity contribution in [3.05, 3.63) is 46.6 Å². The standard InChI is InChI=1S/C17H19N3OP2/c1-9(2)11-7-18-16(19-8-11)12-6-10-4-5-20(3)17(21)13(10)15(23)14(12)22/h4-9H,22-23H2,1-3H3. The third kappa shape index (κ3) is 2.82. The van der Waals surface area contributed by atoms with Crippen molar-refractivity contribution in [3.8, 4) is 11.4 Å². The van der Waals surface area contributed by atoms with Gasteiger partial charge in [-0.3, -0.25) is 4.79 Å². The average molecular weight is 343 g/mol. The molecule has 0 N–H and O–H groups in total. The van der Waals surface area contributed by atoms with Gasteiger partial charge in [0.05, 0.1) is 5.39 Å². The Bertz CT molecular complexity index is 947. The molecule has 2 aromatic heterocycles. The van der Waals surface area contributed by atoms with Crippen LogP contribution in [0.1, 0.15) is 25.3 Å². The SMILES string of the molecule is CC(C)c1cnc(-c2cc3ccn(C)c(=O)c3c(P)c2P)nc1. The lowest BCUT2D eigenvalue weighted by molar-refractivity contribution is 0.847. The number of rotatable bonds is 2. The first-order valence-electron chi connectivity index (χ1n) is 7.39. The zero-order valence-corrected chi connectivity index (χ0v) is 15.7. The van der Waals surface area contributed by atoms with Crippen LogP contribution in [0.5, 0.6) is 0 Å². The predicted octanol–water partition coefficient (Wildman–Crippen LogP) is 2.12. The quantitative estimate of drug-likeness (QED) is 0.670. The monoisotopic (exact) mass is 343 g/mol. The molecule has 4 nitrogen and oxygen atoms in total. The molecule has 0 aliphatic rings. The van der Waals surface area contributed by atoms with Gasteiger partial charge >= 0.3 is 0 Å². The lowest BCUT2D eigenvalue weighted by atomic mass is 10.1. The minimum absolute atomic E-state index is 0.00109. The van der Waals surface area contributed by atoms with Crippen LogP contribution in [0.2, 0.25) is 0 Å². The maximum absolute atomic E-state index is 12.4. The van der Waals surface area contributed by atoms with E-state index in [0.717, 1.165) is 27.1 Å². The van der Waals surface area contributed by atoms with Gasteiger partial charge in [0.1, 0.15) is 0 Å². The van der Waals surface area contributed by atoms with E-state index in [1.165, 1.54) is 0 Å². The number of hydrogen-bond acceptors (Lipinski definition) is 3. The maximum atomic E-state index is 12.4. The molecule has 0 aliphatic heterocycles. The van der Waals surface area contributed by atoms with E-state index in [2.05, 4.69) is 42.3 Å². The second-order valence-electron chi connectivity index (χ2n) is 5.94. The van der Waals surface area contributed by atoms with E-state index < -0.39 is 0 Å². The van der Waals surface area contributed by atoms with Crippen LogP contribution in [0.3, 0.4) is 0 Å². The molecule has 0 aliphatic carbocycles. The molecule has 0 bridgehead atoms. The molecule has 23 heavy (non-hydrogen) atoms. The zero-order valence-electron chi connectivity index (χ0n) is 13.4. The highest BCUT2D eigenvalue weighted by molar-refractivity contribution is 7.37. The third-order valence-corrected chi connectivity index (χ3v) is 5.58. The molecule has 0 amide bonds. The molecule has 3 aromatic rings. The van der Waals surface area contributed by atoms with Crippen molar-refractivity contribution in [1.82, 2.24) is 14.5 Å². The van der Waals surface area contributed by atoms with Gasteiger partial charge in [-0.1, -0.05) is 13.8 Å². The first kappa shape index (κ1) is 16.2. The molecule has 0 saturated carbocycles. The van der Waals surface area contributed by atoms with Gasteiger partial charge in [-0.2, -0.15) is 0 Å². The number of aryl methyl sites for hydroxylation is 1. The molecule has 0 spiro atoms. The van der Waals surface area contributed by atoms with Crippen LogP contribution in [-0.4, -0.2) is 14.5 Å². The van der Waals surface area contributed by atoms with Gasteiger partial charge in [-0.05, 0) is 39.6 Å². The number of fused-ring (bicyclic) bond motifs is 1. The Kier molecular flexibility index (Phi) is 4.31. The van der Waals surface area contributed by atoms with Gasteiger partial charge < -0.3 is 4.57 Å². The van der Waals surface area contributed by atoms with E-state index in [-0.39, 0.29) is 5.56 Å². The molecule has 0 fully saturated rings. The van der Waals surface area contributed by atoms with Gasteiger partial charge in [0, 0.05) is 31.2 Å². The fraction of sp³-hybridized carbons (Fsp3) is 0.235. The molecule has 2 unspecified atom stereocenters. The molecule has 0 saturated heterocycles. The number of benzene rings is 1. The Morgan fingerprint density at radius 1 is 1.13 bits per heavy atom. The van der Waals surface area contributed by atoms with Crippen molar-refractivity contribution in [2.24, 2.45) is 7.05 Å². The summed E-state index contributed by atoms with van der Waals surface area (Å²) >= 11 is 0. The van der Waals surface area contributed by atoms with Gasteiger partial charge in [0.2, 0.25) is 0 Å². The lowest BCUT2D eigenvalue weighted by Gasteiger charge is -2.12. The van der Waals surface area contributed by atoms with Crippen LogP contribution < -0.4 is 16.2 Å². The van der Waals surface area contributed by atoms with Crippen LogP contribution in [0, 0.1) is 0 Å². The lowest BCUT2D eigenvalue weighted by Crippen LogP contribution is -2.25. The summed E-state index contributed by atoms with van der Waals surface area (Å²) in [4.78, 5) is 21.4. The Morgan fingerprint density at radius 2 is 1.78 bits per heavy atom. The topological polar surface area (TPSA) is 47.8 Å². The Balaban J connectivity index is 2.25. The number of nitrogens with zero attached hydrogens (tertiary/aromatic N) is 3. The third-order valence-electron chi connectivity index (χ3n) is 4.03. The number of hydrogen-bond donors (Lipinski definition) is 0. The summed E-state index contributed by atoms with van der Waals surface area (Å²) in [6.45, 7) is 4.23. The molecule has 2 heterocycles. The molecule has 6 heteroatoms. The smallest absolute Gasteiger partial charge is 0.258 e. The van der Waals surface area contributed by atoms with Crippen molar-refractivity contribution >= 4 is 39.9 Å². The van der Waals surface area contributed by atoms with Crippen molar-refractivity contribution in [1.29, 1.82) is 0 Å². The normalized spacial score (nSPS) is 11.4. The van der Waals surface area contributed by atoms with Crippen molar-refractivity contribution in [3.63, 3.8) is 0 Å². The minimum atomic E-state index is -0.00109. The largest absolute Gasteiger partial charge is 0.318 e. The summed E-state index contributed by atoms with van der Waals surface area (Å²) < 4.78 is 1.59. The molecule has 118 valence electrons. The molecule has 0 radical (unpaired) electrons. The van der Waals surface area contributed by atoms with Crippen molar-refractivity contribution in [2.75, 3.05) is 0 Å². The first-order chi connectivity index (χ1) is 10.9. The average Bonchev–Trinajstić information content (AvgIpc) is 2.54. The summed E-state index contributed by atoms with van der Waals surface area (Å²) in [6, 6.07) is 3.93. The van der Waals surface area contributed by atoms with E-state index in [0.29, 0.717) is 17.1 Å². The van der Waals surface area contributed by atoms with E-state index >= 15 is 0 Å². The number of pyridine rings is 1. The highest BCUT2D eigenvalue weighted by atomic mass is 31.0. The van der Waals surface area contributed by atoms with Gasteiger partial charge in [0.15, 0.2) is 5.82 Å². The number of aromatic nitrogens is 3. The van der Waals surface area contributed by atoms with Crippen LogP contribution >= 0.6 is 18.5 Å². The van der Waals surface area contributed by atoms with Crippen molar-refractivity contribution < 1.29 is 0 Å². The van der Waals surface area contributed by atoms with E-state index in [1.54, 1.807) is 17.8 Å². The molecule has 1 aromatic carbocycles. The molecular weight excluding hydrogens is 324 g/mol. The predicted molar refractivity (Wildman–Crippen MR) is 103 cm³/mol. The highest BCUT2D eigenvalue weighted by Crippen LogP contribution is 2.21. The van der Waals surface area contributed by atoms with Crippen LogP contribution in [0.25, 0.3) is 22.2 Å². The fourth-order valence-electron chi connectivity index (χ4n) is 2.51. The summed E-state index contributed by atoms with van der Waals surface area (Å²) in [5.41, 5.74) is 2.04. The molecule has 3 rings (SSSR count). The van der Waals surface area contributed by atoms with Crippen LogP contribution in [-0.2, 0) is 7.05 Å². The van der Waals surface area contributed by atoms with Crippen LogP contribution in [0.15, 0.2) is 35.5 Å². The summed E-state index contributed by atoms with van der Waals surface area (Å²) in [6.07, 6.45) is 5.52. The minimum Gasteiger partial charge on any atom is -0.318 e. The van der Waals surface area contributed by atoms with Gasteiger partial charge in [-0.15, -0.1) is 18.5 Å². The Labute approximate surface area is 139 Å². The van der Waals surface area contributed by atoms with E-state index in [4.69, 9.17) is 0 Å².